The number of fused-ring (bicyclic) bond motifs is 1. The van der Waals surface area contributed by atoms with Gasteiger partial charge in [0.15, 0.2) is 0 Å². The van der Waals surface area contributed by atoms with Gasteiger partial charge in [0.25, 0.3) is 0 Å². The summed E-state index contributed by atoms with van der Waals surface area (Å²) in [5.74, 6) is 0. The molecule has 2 aromatic rings. The summed E-state index contributed by atoms with van der Waals surface area (Å²) >= 11 is 0. The standard InChI is InChI=1S/C14H12N2O/c15-9-11-4-5-14-12(8-11)13(10-17-14)16-6-2-1-3-7-16/h1-2,4-5,8,10H,3,6-7H2. The van der Waals surface area contributed by atoms with Crippen molar-refractivity contribution in [3.05, 3.63) is 42.2 Å². The number of anilines is 1. The predicted octanol–water partition coefficient (Wildman–Crippen LogP) is 3.07. The third kappa shape index (κ3) is 1.68. The van der Waals surface area contributed by atoms with Crippen molar-refractivity contribution in [2.75, 3.05) is 18.0 Å². The summed E-state index contributed by atoms with van der Waals surface area (Å²) in [7, 11) is 0. The van der Waals surface area contributed by atoms with Gasteiger partial charge in [-0.05, 0) is 24.6 Å². The van der Waals surface area contributed by atoms with Crippen molar-refractivity contribution in [2.45, 2.75) is 6.42 Å². The van der Waals surface area contributed by atoms with Crippen LogP contribution in [-0.4, -0.2) is 13.1 Å². The van der Waals surface area contributed by atoms with Gasteiger partial charge in [0, 0.05) is 18.5 Å². The molecule has 0 fully saturated rings. The fraction of sp³-hybridized carbons (Fsp3) is 0.214. The van der Waals surface area contributed by atoms with E-state index < -0.39 is 0 Å². The summed E-state index contributed by atoms with van der Waals surface area (Å²) in [6.07, 6.45) is 7.20. The van der Waals surface area contributed by atoms with E-state index >= 15 is 0 Å². The van der Waals surface area contributed by atoms with Gasteiger partial charge in [-0.1, -0.05) is 12.2 Å². The van der Waals surface area contributed by atoms with Gasteiger partial charge in [-0.3, -0.25) is 0 Å². The Bertz CT molecular complexity index is 619. The number of benzene rings is 1. The largest absolute Gasteiger partial charge is 0.462 e. The summed E-state index contributed by atoms with van der Waals surface area (Å²) in [5.41, 5.74) is 2.60. The highest BCUT2D eigenvalue weighted by molar-refractivity contribution is 5.92. The van der Waals surface area contributed by atoms with E-state index in [0.717, 1.165) is 36.2 Å². The summed E-state index contributed by atoms with van der Waals surface area (Å²) in [4.78, 5) is 2.27. The fourth-order valence-electron chi connectivity index (χ4n) is 2.19. The van der Waals surface area contributed by atoms with E-state index in [9.17, 15) is 0 Å². The molecule has 3 nitrogen and oxygen atoms in total. The maximum atomic E-state index is 8.93. The molecule has 1 aromatic carbocycles. The fourth-order valence-corrected chi connectivity index (χ4v) is 2.19. The van der Waals surface area contributed by atoms with Crippen molar-refractivity contribution in [2.24, 2.45) is 0 Å². The first kappa shape index (κ1) is 9.98. The van der Waals surface area contributed by atoms with Gasteiger partial charge in [-0.25, -0.2) is 0 Å². The molecule has 0 aliphatic carbocycles. The van der Waals surface area contributed by atoms with Gasteiger partial charge < -0.3 is 9.32 Å². The molecule has 0 atom stereocenters. The van der Waals surface area contributed by atoms with E-state index in [1.807, 2.05) is 12.1 Å². The number of nitriles is 1. The maximum absolute atomic E-state index is 8.93. The van der Waals surface area contributed by atoms with Crippen LogP contribution in [0.3, 0.4) is 0 Å². The molecule has 3 rings (SSSR count). The van der Waals surface area contributed by atoms with Gasteiger partial charge in [-0.2, -0.15) is 5.26 Å². The molecule has 17 heavy (non-hydrogen) atoms. The molecule has 0 unspecified atom stereocenters. The lowest BCUT2D eigenvalue weighted by molar-refractivity contribution is 0.613. The van der Waals surface area contributed by atoms with E-state index in [4.69, 9.17) is 9.68 Å². The van der Waals surface area contributed by atoms with Crippen molar-refractivity contribution >= 4 is 16.7 Å². The monoisotopic (exact) mass is 224 g/mol. The second kappa shape index (κ2) is 3.99. The summed E-state index contributed by atoms with van der Waals surface area (Å²) in [6.45, 7) is 1.91. The molecule has 84 valence electrons. The zero-order valence-electron chi connectivity index (χ0n) is 9.39. The third-order valence-electron chi connectivity index (χ3n) is 3.08. The molecule has 0 radical (unpaired) electrons. The Hall–Kier alpha value is -2.21. The van der Waals surface area contributed by atoms with Crippen molar-refractivity contribution in [1.29, 1.82) is 5.26 Å². The van der Waals surface area contributed by atoms with E-state index in [0.29, 0.717) is 5.56 Å². The van der Waals surface area contributed by atoms with Crippen LogP contribution in [0, 0.1) is 11.3 Å². The molecular weight excluding hydrogens is 212 g/mol. The number of hydrogen-bond donors (Lipinski definition) is 0. The molecule has 0 N–H and O–H groups in total. The Kier molecular flexibility index (Phi) is 2.34. The van der Waals surface area contributed by atoms with E-state index in [1.165, 1.54) is 0 Å². The van der Waals surface area contributed by atoms with Gasteiger partial charge in [0.05, 0.1) is 17.3 Å². The molecule has 2 heterocycles. The number of nitrogens with zero attached hydrogens (tertiary/aromatic N) is 2. The summed E-state index contributed by atoms with van der Waals surface area (Å²) in [5, 5.41) is 9.96. The van der Waals surface area contributed by atoms with Crippen molar-refractivity contribution < 1.29 is 4.42 Å². The van der Waals surface area contributed by atoms with Crippen molar-refractivity contribution in [3.8, 4) is 6.07 Å². The van der Waals surface area contributed by atoms with Crippen LogP contribution in [0.1, 0.15) is 12.0 Å². The van der Waals surface area contributed by atoms with Crippen LogP contribution in [0.25, 0.3) is 11.0 Å². The van der Waals surface area contributed by atoms with E-state index in [-0.39, 0.29) is 0 Å². The predicted molar refractivity (Wildman–Crippen MR) is 66.9 cm³/mol. The second-order valence-corrected chi connectivity index (χ2v) is 4.15. The number of hydrogen-bond acceptors (Lipinski definition) is 3. The van der Waals surface area contributed by atoms with Gasteiger partial charge in [0.1, 0.15) is 11.8 Å². The first-order valence-electron chi connectivity index (χ1n) is 5.70. The highest BCUT2D eigenvalue weighted by Crippen LogP contribution is 2.30. The lowest BCUT2D eigenvalue weighted by Crippen LogP contribution is -2.26. The molecule has 0 amide bonds. The minimum Gasteiger partial charge on any atom is -0.462 e. The van der Waals surface area contributed by atoms with Crippen LogP contribution in [0.15, 0.2) is 41.0 Å². The average molecular weight is 224 g/mol. The molecule has 1 aliphatic rings. The van der Waals surface area contributed by atoms with Gasteiger partial charge in [-0.15, -0.1) is 0 Å². The Morgan fingerprint density at radius 2 is 2.24 bits per heavy atom. The average Bonchev–Trinajstić information content (AvgIpc) is 2.82. The molecule has 0 bridgehead atoms. The molecule has 1 aliphatic heterocycles. The van der Waals surface area contributed by atoms with Crippen LogP contribution in [0.5, 0.6) is 0 Å². The van der Waals surface area contributed by atoms with Crippen LogP contribution in [-0.2, 0) is 0 Å². The maximum Gasteiger partial charge on any atom is 0.136 e. The highest BCUT2D eigenvalue weighted by atomic mass is 16.3. The molecule has 0 saturated heterocycles. The quantitative estimate of drug-likeness (QED) is 0.699. The van der Waals surface area contributed by atoms with Crippen LogP contribution >= 0.6 is 0 Å². The first-order valence-corrected chi connectivity index (χ1v) is 5.70. The first-order chi connectivity index (χ1) is 8.38. The third-order valence-corrected chi connectivity index (χ3v) is 3.08. The van der Waals surface area contributed by atoms with Crippen molar-refractivity contribution in [1.82, 2.24) is 0 Å². The molecule has 3 heteroatoms. The molecular formula is C14H12N2O. The normalized spacial score (nSPS) is 15.1. The summed E-state index contributed by atoms with van der Waals surface area (Å²) in [6, 6.07) is 7.70. The second-order valence-electron chi connectivity index (χ2n) is 4.15. The highest BCUT2D eigenvalue weighted by Gasteiger charge is 2.14. The van der Waals surface area contributed by atoms with E-state index in [2.05, 4.69) is 23.1 Å². The van der Waals surface area contributed by atoms with Crippen LogP contribution in [0.2, 0.25) is 0 Å². The molecule has 0 saturated carbocycles. The minimum absolute atomic E-state index is 0.674. The Balaban J connectivity index is 2.10. The Labute approximate surface area is 99.6 Å². The van der Waals surface area contributed by atoms with Gasteiger partial charge in [0.2, 0.25) is 0 Å². The SMILES string of the molecule is N#Cc1ccc2occ(N3CC=CCC3)c2c1. The van der Waals surface area contributed by atoms with Crippen molar-refractivity contribution in [3.63, 3.8) is 0 Å². The molecule has 0 spiro atoms. The smallest absolute Gasteiger partial charge is 0.136 e. The van der Waals surface area contributed by atoms with Gasteiger partial charge >= 0.3 is 0 Å². The lowest BCUT2D eigenvalue weighted by Gasteiger charge is -2.24. The Morgan fingerprint density at radius 1 is 1.29 bits per heavy atom. The number of furan rings is 1. The number of rotatable bonds is 1. The Morgan fingerprint density at radius 3 is 3.00 bits per heavy atom. The molecule has 1 aromatic heterocycles. The van der Waals surface area contributed by atoms with Crippen LogP contribution < -0.4 is 4.90 Å². The van der Waals surface area contributed by atoms with Crippen LogP contribution in [0.4, 0.5) is 5.69 Å². The minimum atomic E-state index is 0.674. The lowest BCUT2D eigenvalue weighted by atomic mass is 10.1. The van der Waals surface area contributed by atoms with E-state index in [1.54, 1.807) is 12.3 Å². The topological polar surface area (TPSA) is 40.2 Å². The zero-order valence-corrected chi connectivity index (χ0v) is 9.39. The summed E-state index contributed by atoms with van der Waals surface area (Å²) < 4.78 is 5.53. The zero-order chi connectivity index (χ0) is 11.7.